The van der Waals surface area contributed by atoms with Crippen LogP contribution in [0.2, 0.25) is 0 Å². The van der Waals surface area contributed by atoms with E-state index in [-0.39, 0.29) is 17.9 Å². The van der Waals surface area contributed by atoms with Crippen LogP contribution < -0.4 is 9.96 Å². The van der Waals surface area contributed by atoms with Gasteiger partial charge >= 0.3 is 0 Å². The molecule has 0 unspecified atom stereocenters. The molecule has 2 aliphatic heterocycles. The first-order valence-electron chi connectivity index (χ1n) is 10.1. The first-order chi connectivity index (χ1) is 14.6. The van der Waals surface area contributed by atoms with E-state index in [9.17, 15) is 9.59 Å². The maximum absolute atomic E-state index is 13.6. The molecule has 0 saturated carbocycles. The van der Waals surface area contributed by atoms with Gasteiger partial charge in [-0.15, -0.1) is 0 Å². The lowest BCUT2D eigenvalue weighted by Gasteiger charge is -2.29. The van der Waals surface area contributed by atoms with Gasteiger partial charge in [0.15, 0.2) is 6.10 Å². The maximum Gasteiger partial charge on any atom is 0.266 e. The summed E-state index contributed by atoms with van der Waals surface area (Å²) in [6, 6.07) is 24.7. The highest BCUT2D eigenvalue weighted by Gasteiger charge is 2.60. The number of carbonyl (C=O) groups excluding carboxylic acids is 2. The van der Waals surface area contributed by atoms with Crippen LogP contribution in [0, 0.1) is 19.8 Å². The zero-order valence-electron chi connectivity index (χ0n) is 16.9. The standard InChI is InChI=1S/C25H22N2O3/c1-16-9-8-13-19(15-16)26-24(28)21-22(20-14-7-6-10-17(20)2)27(30-23(21)25(26)29)18-11-4-3-5-12-18/h3-15,21-23H,1-2H3/t21-,22-,23-/m0/s1. The molecule has 0 N–H and O–H groups in total. The Hall–Kier alpha value is -3.44. The number of hydrogen-bond donors (Lipinski definition) is 0. The van der Waals surface area contributed by atoms with Crippen LogP contribution in [0.3, 0.4) is 0 Å². The lowest BCUT2D eigenvalue weighted by Crippen LogP contribution is -2.37. The molecule has 3 atom stereocenters. The Balaban J connectivity index is 1.61. The quantitative estimate of drug-likeness (QED) is 0.616. The van der Waals surface area contributed by atoms with E-state index in [0.29, 0.717) is 5.69 Å². The molecular weight excluding hydrogens is 376 g/mol. The monoisotopic (exact) mass is 398 g/mol. The second-order valence-electron chi connectivity index (χ2n) is 7.87. The molecule has 2 saturated heterocycles. The maximum atomic E-state index is 13.6. The number of benzene rings is 3. The predicted molar refractivity (Wildman–Crippen MR) is 115 cm³/mol. The minimum atomic E-state index is -0.845. The zero-order valence-corrected chi connectivity index (χ0v) is 16.9. The summed E-state index contributed by atoms with van der Waals surface area (Å²) in [5, 5.41) is 1.74. The van der Waals surface area contributed by atoms with Crippen molar-refractivity contribution in [3.05, 3.63) is 95.6 Å². The Morgan fingerprint density at radius 3 is 2.20 bits per heavy atom. The average Bonchev–Trinajstić information content (AvgIpc) is 3.25. The fraction of sp³-hybridized carbons (Fsp3) is 0.200. The van der Waals surface area contributed by atoms with Crippen LogP contribution in [0.1, 0.15) is 22.7 Å². The van der Waals surface area contributed by atoms with Gasteiger partial charge in [0.2, 0.25) is 5.91 Å². The molecule has 0 radical (unpaired) electrons. The third kappa shape index (κ3) is 2.82. The predicted octanol–water partition coefficient (Wildman–Crippen LogP) is 4.35. The Bertz CT molecular complexity index is 1130. The van der Waals surface area contributed by atoms with Gasteiger partial charge < -0.3 is 0 Å². The van der Waals surface area contributed by atoms with Crippen molar-refractivity contribution in [2.75, 3.05) is 9.96 Å². The Morgan fingerprint density at radius 2 is 1.47 bits per heavy atom. The second kappa shape index (κ2) is 7.11. The highest BCUT2D eigenvalue weighted by Crippen LogP contribution is 2.48. The summed E-state index contributed by atoms with van der Waals surface area (Å²) < 4.78 is 0. The molecule has 30 heavy (non-hydrogen) atoms. The van der Waals surface area contributed by atoms with E-state index in [1.807, 2.05) is 86.6 Å². The van der Waals surface area contributed by atoms with Crippen molar-refractivity contribution in [2.24, 2.45) is 5.92 Å². The van der Waals surface area contributed by atoms with Gasteiger partial charge in [-0.3, -0.25) is 14.4 Å². The smallest absolute Gasteiger partial charge is 0.266 e. The molecule has 0 aromatic heterocycles. The minimum Gasteiger partial charge on any atom is -0.273 e. The molecule has 0 bridgehead atoms. The van der Waals surface area contributed by atoms with E-state index >= 15 is 0 Å². The van der Waals surface area contributed by atoms with Crippen LogP contribution in [-0.4, -0.2) is 17.9 Å². The fourth-order valence-electron chi connectivity index (χ4n) is 4.47. The van der Waals surface area contributed by atoms with Gasteiger partial charge in [0.25, 0.3) is 5.91 Å². The summed E-state index contributed by atoms with van der Waals surface area (Å²) in [6.07, 6.45) is -0.845. The molecule has 3 aromatic carbocycles. The van der Waals surface area contributed by atoms with E-state index in [0.717, 1.165) is 22.4 Å². The minimum absolute atomic E-state index is 0.220. The zero-order chi connectivity index (χ0) is 20.8. The number of carbonyl (C=O) groups is 2. The number of anilines is 2. The van der Waals surface area contributed by atoms with E-state index in [4.69, 9.17) is 4.84 Å². The number of fused-ring (bicyclic) bond motifs is 1. The number of aryl methyl sites for hydroxylation is 2. The van der Waals surface area contributed by atoms with Gasteiger partial charge in [-0.2, -0.15) is 0 Å². The van der Waals surface area contributed by atoms with Gasteiger partial charge in [-0.1, -0.05) is 54.6 Å². The second-order valence-corrected chi connectivity index (χ2v) is 7.87. The summed E-state index contributed by atoms with van der Waals surface area (Å²) >= 11 is 0. The molecule has 0 spiro atoms. The van der Waals surface area contributed by atoms with Crippen molar-refractivity contribution in [1.82, 2.24) is 0 Å². The third-order valence-corrected chi connectivity index (χ3v) is 5.89. The van der Waals surface area contributed by atoms with Crippen LogP contribution in [0.4, 0.5) is 11.4 Å². The number of para-hydroxylation sites is 1. The van der Waals surface area contributed by atoms with Crippen LogP contribution in [0.15, 0.2) is 78.9 Å². The van der Waals surface area contributed by atoms with E-state index in [1.165, 1.54) is 4.90 Å². The van der Waals surface area contributed by atoms with E-state index in [2.05, 4.69) is 0 Å². The summed E-state index contributed by atoms with van der Waals surface area (Å²) in [5.74, 6) is -1.14. The highest BCUT2D eigenvalue weighted by atomic mass is 16.7. The average molecular weight is 398 g/mol. The first kappa shape index (κ1) is 18.6. The molecule has 3 aromatic rings. The lowest BCUT2D eigenvalue weighted by molar-refractivity contribution is -0.126. The van der Waals surface area contributed by atoms with Crippen LogP contribution in [0.5, 0.6) is 0 Å². The fourth-order valence-corrected chi connectivity index (χ4v) is 4.47. The molecule has 5 rings (SSSR count). The van der Waals surface area contributed by atoms with Crippen molar-refractivity contribution in [3.8, 4) is 0 Å². The number of rotatable bonds is 3. The Morgan fingerprint density at radius 1 is 0.767 bits per heavy atom. The van der Waals surface area contributed by atoms with E-state index in [1.54, 1.807) is 11.1 Å². The Kier molecular flexibility index (Phi) is 4.40. The van der Waals surface area contributed by atoms with Crippen molar-refractivity contribution < 1.29 is 14.4 Å². The molecule has 2 amide bonds. The Labute approximate surface area is 175 Å². The number of amides is 2. The molecule has 2 aliphatic rings. The molecular formula is C25H22N2O3. The van der Waals surface area contributed by atoms with Gasteiger partial charge in [0, 0.05) is 0 Å². The normalized spacial score (nSPS) is 23.2. The van der Waals surface area contributed by atoms with E-state index < -0.39 is 12.0 Å². The molecule has 2 fully saturated rings. The van der Waals surface area contributed by atoms with Crippen LogP contribution in [0.25, 0.3) is 0 Å². The van der Waals surface area contributed by atoms with Crippen molar-refractivity contribution in [2.45, 2.75) is 26.0 Å². The molecule has 2 heterocycles. The van der Waals surface area contributed by atoms with Crippen molar-refractivity contribution in [1.29, 1.82) is 0 Å². The molecule has 150 valence electrons. The van der Waals surface area contributed by atoms with Crippen molar-refractivity contribution in [3.63, 3.8) is 0 Å². The topological polar surface area (TPSA) is 49.9 Å². The van der Waals surface area contributed by atoms with Gasteiger partial charge in [0.05, 0.1) is 17.4 Å². The highest BCUT2D eigenvalue weighted by molar-refractivity contribution is 6.24. The summed E-state index contributed by atoms with van der Waals surface area (Å²) in [7, 11) is 0. The third-order valence-electron chi connectivity index (χ3n) is 5.89. The number of hydrogen-bond acceptors (Lipinski definition) is 4. The number of imide groups is 1. The molecule has 0 aliphatic carbocycles. The van der Waals surface area contributed by atoms with Gasteiger partial charge in [-0.25, -0.2) is 9.96 Å². The molecule has 5 nitrogen and oxygen atoms in total. The van der Waals surface area contributed by atoms with Gasteiger partial charge in [0.1, 0.15) is 5.92 Å². The summed E-state index contributed by atoms with van der Waals surface area (Å²) in [5.41, 5.74) is 4.45. The van der Waals surface area contributed by atoms with Gasteiger partial charge in [-0.05, 0) is 54.8 Å². The molecule has 5 heteroatoms. The van der Waals surface area contributed by atoms with Crippen LogP contribution in [-0.2, 0) is 14.4 Å². The van der Waals surface area contributed by atoms with Crippen molar-refractivity contribution >= 4 is 23.2 Å². The first-order valence-corrected chi connectivity index (χ1v) is 10.1. The number of hydroxylamine groups is 1. The summed E-state index contributed by atoms with van der Waals surface area (Å²) in [4.78, 5) is 34.3. The largest absolute Gasteiger partial charge is 0.273 e. The summed E-state index contributed by atoms with van der Waals surface area (Å²) in [6.45, 7) is 3.96. The van der Waals surface area contributed by atoms with Crippen LogP contribution >= 0.6 is 0 Å². The lowest BCUT2D eigenvalue weighted by atomic mass is 9.88. The number of nitrogens with zero attached hydrogens (tertiary/aromatic N) is 2. The SMILES string of the molecule is Cc1cccc(N2C(=O)[C@@H]3[C@H](ON(c4ccccc4)[C@H]3c3ccccc3C)C2=O)c1.